The van der Waals surface area contributed by atoms with Crippen molar-refractivity contribution in [1.82, 2.24) is 24.8 Å². The molecule has 0 aliphatic heterocycles. The predicted octanol–water partition coefficient (Wildman–Crippen LogP) is 3.53. The number of carbonyl (C=O) groups is 2. The number of imide groups is 1. The summed E-state index contributed by atoms with van der Waals surface area (Å²) in [5.74, 6) is 0.504. The van der Waals surface area contributed by atoms with Gasteiger partial charge in [0.15, 0.2) is 0 Å². The molecule has 1 N–H and O–H groups in total. The Balaban J connectivity index is 1.72. The molecule has 1 aromatic carbocycles. The third-order valence-corrected chi connectivity index (χ3v) is 4.66. The van der Waals surface area contributed by atoms with E-state index < -0.39 is 17.6 Å². The highest BCUT2D eigenvalue weighted by Gasteiger charge is 2.28. The van der Waals surface area contributed by atoms with Crippen LogP contribution in [0.1, 0.15) is 43.4 Å². The van der Waals surface area contributed by atoms with Crippen LogP contribution >= 0.6 is 0 Å². The first-order chi connectivity index (χ1) is 14.8. The third kappa shape index (κ3) is 5.88. The highest BCUT2D eigenvalue weighted by molar-refractivity contribution is 6.10. The molecule has 8 heteroatoms. The molecule has 0 saturated heterocycles. The molecule has 8 nitrogen and oxygen atoms in total. The molecule has 0 aliphatic carbocycles. The van der Waals surface area contributed by atoms with Crippen LogP contribution in [0, 0.1) is 0 Å². The number of carbonyl (C=O) groups excluding carboxylic acids is 2. The second kappa shape index (κ2) is 9.70. The summed E-state index contributed by atoms with van der Waals surface area (Å²) in [7, 11) is 1.94. The minimum absolute atomic E-state index is 0.227. The molecule has 0 aliphatic rings. The van der Waals surface area contributed by atoms with Crippen molar-refractivity contribution in [1.29, 1.82) is 0 Å². The van der Waals surface area contributed by atoms with E-state index in [0.29, 0.717) is 30.6 Å². The second-order valence-electron chi connectivity index (χ2n) is 8.30. The maximum Gasteiger partial charge on any atom is 0.417 e. The van der Waals surface area contributed by atoms with Crippen molar-refractivity contribution in [2.75, 3.05) is 13.1 Å². The lowest BCUT2D eigenvalue weighted by atomic mass is 10.1. The fourth-order valence-electron chi connectivity index (χ4n) is 3.14. The number of rotatable bonds is 7. The van der Waals surface area contributed by atoms with Crippen molar-refractivity contribution < 1.29 is 14.3 Å². The standard InChI is InChI=1S/C23H29N5O3/c1-23(2,3)31-22(30)28(14-7-11-24-16-19-25-13-15-27(19)4)21(29)18-10-5-8-17-9-6-12-26-20(17)18/h5-6,8-10,12-13,15,24H,7,11,14,16H2,1-4H3. The monoisotopic (exact) mass is 423 g/mol. The van der Waals surface area contributed by atoms with Crippen molar-refractivity contribution >= 4 is 22.9 Å². The van der Waals surface area contributed by atoms with Crippen LogP contribution in [0.2, 0.25) is 0 Å². The van der Waals surface area contributed by atoms with E-state index in [2.05, 4.69) is 15.3 Å². The largest absolute Gasteiger partial charge is 0.443 e. The number of amides is 2. The number of benzene rings is 1. The number of nitrogens with one attached hydrogen (secondary N) is 1. The molecular weight excluding hydrogens is 394 g/mol. The van der Waals surface area contributed by atoms with Crippen molar-refractivity contribution in [3.05, 3.63) is 60.3 Å². The van der Waals surface area contributed by atoms with Crippen molar-refractivity contribution in [2.24, 2.45) is 7.05 Å². The van der Waals surface area contributed by atoms with Crippen LogP contribution in [0.15, 0.2) is 48.9 Å². The Morgan fingerprint density at radius 1 is 1.13 bits per heavy atom. The van der Waals surface area contributed by atoms with Gasteiger partial charge >= 0.3 is 6.09 Å². The Morgan fingerprint density at radius 2 is 1.90 bits per heavy atom. The average Bonchev–Trinajstić information content (AvgIpc) is 3.13. The summed E-state index contributed by atoms with van der Waals surface area (Å²) in [4.78, 5) is 35.9. The van der Waals surface area contributed by atoms with Gasteiger partial charge in [-0.05, 0) is 45.9 Å². The minimum Gasteiger partial charge on any atom is -0.443 e. The highest BCUT2D eigenvalue weighted by Crippen LogP contribution is 2.19. The Morgan fingerprint density at radius 3 is 2.61 bits per heavy atom. The maximum absolute atomic E-state index is 13.3. The maximum atomic E-state index is 13.3. The molecule has 31 heavy (non-hydrogen) atoms. The summed E-state index contributed by atoms with van der Waals surface area (Å²) in [5, 5.41) is 4.14. The SMILES string of the molecule is Cn1ccnc1CNCCCN(C(=O)OC(C)(C)C)C(=O)c1cccc2cccnc12. The lowest BCUT2D eigenvalue weighted by molar-refractivity contribution is 0.0240. The Bertz CT molecular complexity index is 1050. The molecule has 0 saturated carbocycles. The van der Waals surface area contributed by atoms with E-state index in [9.17, 15) is 9.59 Å². The normalized spacial score (nSPS) is 11.5. The zero-order chi connectivity index (χ0) is 22.4. The molecule has 2 aromatic heterocycles. The van der Waals surface area contributed by atoms with E-state index in [1.165, 1.54) is 0 Å². The molecule has 0 fully saturated rings. The fraction of sp³-hybridized carbons (Fsp3) is 0.391. The zero-order valence-electron chi connectivity index (χ0n) is 18.5. The molecule has 164 valence electrons. The summed E-state index contributed by atoms with van der Waals surface area (Å²) in [5.41, 5.74) is 0.240. The van der Waals surface area contributed by atoms with Gasteiger partial charge in [0.1, 0.15) is 11.4 Å². The zero-order valence-corrected chi connectivity index (χ0v) is 18.5. The van der Waals surface area contributed by atoms with E-state index in [1.807, 2.05) is 36.0 Å². The van der Waals surface area contributed by atoms with Crippen LogP contribution in [0.3, 0.4) is 0 Å². The van der Waals surface area contributed by atoms with Gasteiger partial charge in [-0.15, -0.1) is 0 Å². The molecule has 0 bridgehead atoms. The second-order valence-corrected chi connectivity index (χ2v) is 8.30. The molecular formula is C23H29N5O3. The number of nitrogens with zero attached hydrogens (tertiary/aromatic N) is 4. The van der Waals surface area contributed by atoms with Gasteiger partial charge in [-0.3, -0.25) is 9.78 Å². The van der Waals surface area contributed by atoms with Crippen molar-refractivity contribution in [2.45, 2.75) is 39.3 Å². The van der Waals surface area contributed by atoms with Crippen molar-refractivity contribution in [3.8, 4) is 0 Å². The van der Waals surface area contributed by atoms with Crippen LogP contribution in [0.25, 0.3) is 10.9 Å². The van der Waals surface area contributed by atoms with Gasteiger partial charge in [0.2, 0.25) is 0 Å². The van der Waals surface area contributed by atoms with E-state index in [-0.39, 0.29) is 6.54 Å². The van der Waals surface area contributed by atoms with E-state index >= 15 is 0 Å². The predicted molar refractivity (Wildman–Crippen MR) is 119 cm³/mol. The van der Waals surface area contributed by atoms with Gasteiger partial charge in [0.05, 0.1) is 17.6 Å². The topological polar surface area (TPSA) is 89.4 Å². The number of hydrogen-bond donors (Lipinski definition) is 1. The number of para-hydroxylation sites is 1. The van der Waals surface area contributed by atoms with Crippen LogP contribution < -0.4 is 5.32 Å². The Hall–Kier alpha value is -3.26. The summed E-state index contributed by atoms with van der Waals surface area (Å²) in [6.45, 7) is 6.79. The molecule has 3 aromatic rings. The van der Waals surface area contributed by atoms with E-state index in [0.717, 1.165) is 16.1 Å². The quantitative estimate of drug-likeness (QED) is 0.585. The number of hydrogen-bond acceptors (Lipinski definition) is 6. The minimum atomic E-state index is -0.705. The average molecular weight is 424 g/mol. The fourth-order valence-corrected chi connectivity index (χ4v) is 3.14. The van der Waals surface area contributed by atoms with Gasteiger partial charge in [-0.2, -0.15) is 0 Å². The molecule has 0 atom stereocenters. The summed E-state index contributed by atoms with van der Waals surface area (Å²) in [6.07, 6.45) is 5.19. The number of fused-ring (bicyclic) bond motifs is 1. The van der Waals surface area contributed by atoms with Crippen LogP contribution in [0.5, 0.6) is 0 Å². The summed E-state index contributed by atoms with van der Waals surface area (Å²) in [6, 6.07) is 9.07. The highest BCUT2D eigenvalue weighted by atomic mass is 16.6. The first kappa shape index (κ1) is 22.4. The molecule has 2 amide bonds. The van der Waals surface area contributed by atoms with Gasteiger partial charge in [0, 0.05) is 37.6 Å². The van der Waals surface area contributed by atoms with Gasteiger partial charge in [-0.25, -0.2) is 14.7 Å². The van der Waals surface area contributed by atoms with Crippen LogP contribution in [-0.4, -0.2) is 50.1 Å². The first-order valence-corrected chi connectivity index (χ1v) is 10.3. The first-order valence-electron chi connectivity index (χ1n) is 10.3. The van der Waals surface area contributed by atoms with Crippen LogP contribution in [0.4, 0.5) is 4.79 Å². The summed E-state index contributed by atoms with van der Waals surface area (Å²) < 4.78 is 7.44. The molecule has 0 unspecified atom stereocenters. The summed E-state index contributed by atoms with van der Waals surface area (Å²) >= 11 is 0. The van der Waals surface area contributed by atoms with Crippen LogP contribution in [-0.2, 0) is 18.3 Å². The Labute approximate surface area is 182 Å². The van der Waals surface area contributed by atoms with Gasteiger partial charge < -0.3 is 14.6 Å². The number of ether oxygens (including phenoxy) is 1. The van der Waals surface area contributed by atoms with E-state index in [1.54, 1.807) is 45.3 Å². The number of pyridine rings is 1. The number of imidazole rings is 1. The van der Waals surface area contributed by atoms with Gasteiger partial charge in [0.25, 0.3) is 5.91 Å². The smallest absolute Gasteiger partial charge is 0.417 e. The third-order valence-electron chi connectivity index (χ3n) is 4.66. The van der Waals surface area contributed by atoms with E-state index in [4.69, 9.17) is 4.74 Å². The molecule has 2 heterocycles. The molecule has 0 radical (unpaired) electrons. The van der Waals surface area contributed by atoms with Crippen molar-refractivity contribution in [3.63, 3.8) is 0 Å². The lowest BCUT2D eigenvalue weighted by Gasteiger charge is -2.26. The number of aryl methyl sites for hydroxylation is 1. The molecule has 3 rings (SSSR count). The lowest BCUT2D eigenvalue weighted by Crippen LogP contribution is -2.42. The number of aromatic nitrogens is 3. The Kier molecular flexibility index (Phi) is 7.02. The molecule has 0 spiro atoms. The van der Waals surface area contributed by atoms with Gasteiger partial charge in [-0.1, -0.05) is 18.2 Å².